The summed E-state index contributed by atoms with van der Waals surface area (Å²) in [5, 5.41) is 11.4. The Balaban J connectivity index is 1.60. The molecule has 1 aromatic rings. The number of nitrogens with one attached hydrogen (secondary N) is 1. The van der Waals surface area contributed by atoms with E-state index in [9.17, 15) is 0 Å². The molecule has 4 fully saturated rings. The van der Waals surface area contributed by atoms with Crippen molar-refractivity contribution in [2.75, 3.05) is 5.32 Å². The van der Waals surface area contributed by atoms with Gasteiger partial charge >= 0.3 is 0 Å². The summed E-state index contributed by atoms with van der Waals surface area (Å²) in [6.07, 6.45) is 9.91. The SMILES string of the molecule is Clc1nncc(NC23CC4CC(CC(C4)C2)C3)n1. The highest BCUT2D eigenvalue weighted by Crippen LogP contribution is 2.56. The second kappa shape index (κ2) is 3.80. The molecule has 1 N–H and O–H groups in total. The van der Waals surface area contributed by atoms with Crippen molar-refractivity contribution in [1.82, 2.24) is 15.2 Å². The molecule has 0 aromatic carbocycles. The second-order valence-electron chi connectivity index (χ2n) is 6.43. The van der Waals surface area contributed by atoms with Gasteiger partial charge in [0.15, 0.2) is 0 Å². The van der Waals surface area contributed by atoms with E-state index < -0.39 is 0 Å². The van der Waals surface area contributed by atoms with Crippen molar-refractivity contribution in [1.29, 1.82) is 0 Å². The summed E-state index contributed by atoms with van der Waals surface area (Å²) in [5.41, 5.74) is 0.258. The Kier molecular flexibility index (Phi) is 2.31. The molecule has 96 valence electrons. The zero-order valence-corrected chi connectivity index (χ0v) is 11.0. The van der Waals surface area contributed by atoms with Crippen molar-refractivity contribution in [2.45, 2.75) is 44.1 Å². The Morgan fingerprint density at radius 1 is 1.11 bits per heavy atom. The Morgan fingerprint density at radius 2 is 1.72 bits per heavy atom. The molecule has 4 aliphatic rings. The van der Waals surface area contributed by atoms with E-state index in [0.29, 0.717) is 0 Å². The van der Waals surface area contributed by atoms with Crippen LogP contribution < -0.4 is 5.32 Å². The average molecular weight is 265 g/mol. The number of nitrogens with zero attached hydrogens (tertiary/aromatic N) is 3. The molecule has 5 heteroatoms. The lowest BCUT2D eigenvalue weighted by Gasteiger charge is -2.57. The van der Waals surface area contributed by atoms with Gasteiger partial charge in [-0.25, -0.2) is 0 Å². The maximum Gasteiger partial charge on any atom is 0.244 e. The Morgan fingerprint density at radius 3 is 2.28 bits per heavy atom. The molecular weight excluding hydrogens is 248 g/mol. The molecule has 0 radical (unpaired) electrons. The maximum absolute atomic E-state index is 5.81. The largest absolute Gasteiger partial charge is 0.363 e. The van der Waals surface area contributed by atoms with Gasteiger partial charge in [0, 0.05) is 5.54 Å². The van der Waals surface area contributed by atoms with Crippen LogP contribution >= 0.6 is 11.6 Å². The number of hydrogen-bond acceptors (Lipinski definition) is 4. The number of hydrogen-bond donors (Lipinski definition) is 1. The summed E-state index contributed by atoms with van der Waals surface area (Å²) in [6.45, 7) is 0. The van der Waals surface area contributed by atoms with Gasteiger partial charge in [0.2, 0.25) is 5.28 Å². The molecule has 0 unspecified atom stereocenters. The van der Waals surface area contributed by atoms with E-state index in [4.69, 9.17) is 11.6 Å². The van der Waals surface area contributed by atoms with Gasteiger partial charge in [-0.1, -0.05) is 0 Å². The molecule has 0 saturated heterocycles. The fourth-order valence-electron chi connectivity index (χ4n) is 4.88. The van der Waals surface area contributed by atoms with Gasteiger partial charge in [0.1, 0.15) is 5.82 Å². The molecule has 4 saturated carbocycles. The third-order valence-electron chi connectivity index (χ3n) is 4.96. The molecule has 0 spiro atoms. The van der Waals surface area contributed by atoms with E-state index in [1.54, 1.807) is 6.20 Å². The molecule has 1 heterocycles. The van der Waals surface area contributed by atoms with Crippen LogP contribution in [0.3, 0.4) is 0 Å². The van der Waals surface area contributed by atoms with Gasteiger partial charge in [0.25, 0.3) is 0 Å². The minimum Gasteiger partial charge on any atom is -0.363 e. The lowest BCUT2D eigenvalue weighted by molar-refractivity contribution is 0.0105. The van der Waals surface area contributed by atoms with Crippen LogP contribution in [-0.4, -0.2) is 20.7 Å². The first-order chi connectivity index (χ1) is 8.71. The van der Waals surface area contributed by atoms with Gasteiger partial charge < -0.3 is 5.32 Å². The summed E-state index contributed by atoms with van der Waals surface area (Å²) in [6, 6.07) is 0. The molecule has 5 rings (SSSR count). The van der Waals surface area contributed by atoms with Gasteiger partial charge in [-0.3, -0.25) is 0 Å². The number of rotatable bonds is 2. The molecule has 0 aliphatic heterocycles. The fourth-order valence-corrected chi connectivity index (χ4v) is 5.01. The molecule has 0 atom stereocenters. The van der Waals surface area contributed by atoms with Crippen LogP contribution in [0.5, 0.6) is 0 Å². The smallest absolute Gasteiger partial charge is 0.244 e. The van der Waals surface area contributed by atoms with Gasteiger partial charge in [-0.15, -0.1) is 5.10 Å². The van der Waals surface area contributed by atoms with E-state index in [-0.39, 0.29) is 10.8 Å². The highest BCUT2D eigenvalue weighted by Gasteiger charge is 2.51. The summed E-state index contributed by atoms with van der Waals surface area (Å²) in [4.78, 5) is 4.23. The number of aromatic nitrogens is 3. The van der Waals surface area contributed by atoms with Crippen LogP contribution in [0, 0.1) is 17.8 Å². The van der Waals surface area contributed by atoms with Crippen LogP contribution in [0.15, 0.2) is 6.20 Å². The topological polar surface area (TPSA) is 50.7 Å². The lowest BCUT2D eigenvalue weighted by atomic mass is 9.53. The summed E-state index contributed by atoms with van der Waals surface area (Å²) >= 11 is 5.81. The highest BCUT2D eigenvalue weighted by molar-refractivity contribution is 6.28. The molecule has 4 aliphatic carbocycles. The normalized spacial score (nSPS) is 41.1. The fraction of sp³-hybridized carbons (Fsp3) is 0.769. The van der Waals surface area contributed by atoms with Crippen LogP contribution in [0.25, 0.3) is 0 Å². The van der Waals surface area contributed by atoms with Gasteiger partial charge in [0.05, 0.1) is 6.20 Å². The third-order valence-corrected chi connectivity index (χ3v) is 5.12. The zero-order valence-electron chi connectivity index (χ0n) is 10.3. The highest BCUT2D eigenvalue weighted by atomic mass is 35.5. The van der Waals surface area contributed by atoms with Crippen LogP contribution in [0.1, 0.15) is 38.5 Å². The molecular formula is C13H17ClN4. The Labute approximate surface area is 112 Å². The van der Waals surface area contributed by atoms with Crippen LogP contribution in [0.4, 0.5) is 5.82 Å². The van der Waals surface area contributed by atoms with Crippen LogP contribution in [-0.2, 0) is 0 Å². The Bertz CT molecular complexity index is 441. The van der Waals surface area contributed by atoms with E-state index in [2.05, 4.69) is 20.5 Å². The Hall–Kier alpha value is -0.900. The quantitative estimate of drug-likeness (QED) is 0.892. The first kappa shape index (κ1) is 11.0. The number of halogens is 1. The lowest BCUT2D eigenvalue weighted by Crippen LogP contribution is -2.54. The van der Waals surface area contributed by atoms with Crippen molar-refractivity contribution >= 4 is 17.4 Å². The molecule has 0 amide bonds. The van der Waals surface area contributed by atoms with E-state index in [1.165, 1.54) is 38.5 Å². The van der Waals surface area contributed by atoms with Crippen molar-refractivity contribution in [3.63, 3.8) is 0 Å². The van der Waals surface area contributed by atoms with Crippen molar-refractivity contribution < 1.29 is 0 Å². The molecule has 4 nitrogen and oxygen atoms in total. The van der Waals surface area contributed by atoms with E-state index in [1.807, 2.05) is 0 Å². The van der Waals surface area contributed by atoms with Gasteiger partial charge in [-0.2, -0.15) is 10.1 Å². The predicted molar refractivity (Wildman–Crippen MR) is 69.4 cm³/mol. The standard InChI is InChI=1S/C13H17ClN4/c14-12-16-11(7-15-18-12)17-13-4-8-1-9(5-13)3-10(2-8)6-13/h7-10H,1-6H2,(H,16,17,18). The van der Waals surface area contributed by atoms with Crippen molar-refractivity contribution in [3.8, 4) is 0 Å². The minimum atomic E-state index is 0.227. The van der Waals surface area contributed by atoms with Crippen molar-refractivity contribution in [3.05, 3.63) is 11.5 Å². The second-order valence-corrected chi connectivity index (χ2v) is 6.77. The van der Waals surface area contributed by atoms with E-state index in [0.717, 1.165) is 23.6 Å². The molecule has 4 bridgehead atoms. The van der Waals surface area contributed by atoms with Crippen molar-refractivity contribution in [2.24, 2.45) is 17.8 Å². The first-order valence-electron chi connectivity index (χ1n) is 6.84. The predicted octanol–water partition coefficient (Wildman–Crippen LogP) is 2.91. The monoisotopic (exact) mass is 264 g/mol. The molecule has 1 aromatic heterocycles. The maximum atomic E-state index is 5.81. The molecule has 18 heavy (non-hydrogen) atoms. The summed E-state index contributed by atoms with van der Waals surface area (Å²) in [5.74, 6) is 3.56. The zero-order chi connectivity index (χ0) is 12.2. The summed E-state index contributed by atoms with van der Waals surface area (Å²) < 4.78 is 0. The minimum absolute atomic E-state index is 0.227. The summed E-state index contributed by atoms with van der Waals surface area (Å²) in [7, 11) is 0. The van der Waals surface area contributed by atoms with Crippen LogP contribution in [0.2, 0.25) is 5.28 Å². The van der Waals surface area contributed by atoms with Gasteiger partial charge in [-0.05, 0) is 67.9 Å². The third kappa shape index (κ3) is 1.78. The van der Waals surface area contributed by atoms with E-state index >= 15 is 0 Å². The number of anilines is 1. The first-order valence-corrected chi connectivity index (χ1v) is 7.22. The average Bonchev–Trinajstić information content (AvgIpc) is 2.25.